The van der Waals surface area contributed by atoms with Crippen LogP contribution in [0.25, 0.3) is 0 Å². The minimum Gasteiger partial charge on any atom is -0.367 e. The van der Waals surface area contributed by atoms with Crippen LogP contribution in [0.5, 0.6) is 0 Å². The van der Waals surface area contributed by atoms with Gasteiger partial charge < -0.3 is 16.2 Å². The Labute approximate surface area is 85.0 Å². The molecule has 0 aromatic rings. The van der Waals surface area contributed by atoms with Crippen molar-refractivity contribution in [2.45, 2.75) is 57.3 Å². The van der Waals surface area contributed by atoms with Gasteiger partial charge in [-0.3, -0.25) is 4.79 Å². The number of rotatable bonds is 3. The molecule has 0 aromatic heterocycles. The zero-order chi connectivity index (χ0) is 10.6. The van der Waals surface area contributed by atoms with E-state index in [0.717, 1.165) is 25.7 Å². The lowest BCUT2D eigenvalue weighted by atomic mass is 10.1. The van der Waals surface area contributed by atoms with Crippen LogP contribution in [0, 0.1) is 0 Å². The molecule has 0 heterocycles. The SMILES string of the molecule is CC(OC1CCCCCC1N)C(N)=O. The Balaban J connectivity index is 2.43. The van der Waals surface area contributed by atoms with Crippen molar-refractivity contribution in [2.24, 2.45) is 11.5 Å². The van der Waals surface area contributed by atoms with Crippen LogP contribution in [0.4, 0.5) is 0 Å². The number of carbonyl (C=O) groups excluding carboxylic acids is 1. The Kier molecular flexibility index (Phi) is 4.35. The Hall–Kier alpha value is -0.610. The summed E-state index contributed by atoms with van der Waals surface area (Å²) in [5.41, 5.74) is 11.1. The quantitative estimate of drug-likeness (QED) is 0.652. The van der Waals surface area contributed by atoms with Gasteiger partial charge in [0.2, 0.25) is 5.91 Å². The average molecular weight is 200 g/mol. The monoisotopic (exact) mass is 200 g/mol. The highest BCUT2D eigenvalue weighted by molar-refractivity contribution is 5.78. The van der Waals surface area contributed by atoms with E-state index in [-0.39, 0.29) is 12.1 Å². The van der Waals surface area contributed by atoms with Crippen molar-refractivity contribution in [3.8, 4) is 0 Å². The molecule has 82 valence electrons. The van der Waals surface area contributed by atoms with Crippen LogP contribution in [-0.2, 0) is 9.53 Å². The number of nitrogens with two attached hydrogens (primary N) is 2. The first kappa shape index (κ1) is 11.5. The highest BCUT2D eigenvalue weighted by Gasteiger charge is 2.24. The second-order valence-corrected chi connectivity index (χ2v) is 4.02. The Bertz CT molecular complexity index is 197. The maximum Gasteiger partial charge on any atom is 0.246 e. The molecule has 1 aliphatic carbocycles. The molecule has 1 aliphatic rings. The molecule has 3 unspecified atom stereocenters. The third-order valence-corrected chi connectivity index (χ3v) is 2.78. The normalized spacial score (nSPS) is 30.7. The summed E-state index contributed by atoms with van der Waals surface area (Å²) in [6.45, 7) is 1.68. The molecule has 0 aromatic carbocycles. The van der Waals surface area contributed by atoms with Gasteiger partial charge in [-0.2, -0.15) is 0 Å². The fourth-order valence-electron chi connectivity index (χ4n) is 1.80. The van der Waals surface area contributed by atoms with E-state index < -0.39 is 12.0 Å². The van der Waals surface area contributed by atoms with Gasteiger partial charge in [0.15, 0.2) is 0 Å². The summed E-state index contributed by atoms with van der Waals surface area (Å²) in [5, 5.41) is 0. The Morgan fingerprint density at radius 1 is 1.36 bits per heavy atom. The number of hydrogen-bond acceptors (Lipinski definition) is 3. The van der Waals surface area contributed by atoms with E-state index in [1.165, 1.54) is 6.42 Å². The van der Waals surface area contributed by atoms with Crippen molar-refractivity contribution in [3.63, 3.8) is 0 Å². The largest absolute Gasteiger partial charge is 0.367 e. The molecule has 0 radical (unpaired) electrons. The van der Waals surface area contributed by atoms with Crippen LogP contribution in [0.1, 0.15) is 39.0 Å². The lowest BCUT2D eigenvalue weighted by molar-refractivity contribution is -0.133. The molecule has 4 N–H and O–H groups in total. The number of carbonyl (C=O) groups is 1. The molecule has 14 heavy (non-hydrogen) atoms. The summed E-state index contributed by atoms with van der Waals surface area (Å²) in [6, 6.07) is 0.0549. The van der Waals surface area contributed by atoms with Gasteiger partial charge in [0.05, 0.1) is 6.10 Å². The van der Waals surface area contributed by atoms with Gasteiger partial charge in [0.25, 0.3) is 0 Å². The third-order valence-electron chi connectivity index (χ3n) is 2.78. The van der Waals surface area contributed by atoms with Gasteiger partial charge in [-0.05, 0) is 19.8 Å². The van der Waals surface area contributed by atoms with Crippen LogP contribution in [0.3, 0.4) is 0 Å². The van der Waals surface area contributed by atoms with Crippen LogP contribution in [0.2, 0.25) is 0 Å². The summed E-state index contributed by atoms with van der Waals surface area (Å²) in [6.07, 6.45) is 4.90. The van der Waals surface area contributed by atoms with Gasteiger partial charge in [-0.25, -0.2) is 0 Å². The molecule has 1 saturated carbocycles. The smallest absolute Gasteiger partial charge is 0.246 e. The summed E-state index contributed by atoms with van der Waals surface area (Å²) < 4.78 is 5.55. The molecule has 4 heteroatoms. The highest BCUT2D eigenvalue weighted by atomic mass is 16.5. The van der Waals surface area contributed by atoms with Crippen molar-refractivity contribution < 1.29 is 9.53 Å². The van der Waals surface area contributed by atoms with Gasteiger partial charge in [0, 0.05) is 6.04 Å². The summed E-state index contributed by atoms with van der Waals surface area (Å²) in [5.74, 6) is -0.415. The first-order valence-electron chi connectivity index (χ1n) is 5.31. The number of primary amides is 1. The van der Waals surface area contributed by atoms with Gasteiger partial charge in [0.1, 0.15) is 6.10 Å². The maximum absolute atomic E-state index is 10.8. The van der Waals surface area contributed by atoms with E-state index in [9.17, 15) is 4.79 Å². The van der Waals surface area contributed by atoms with Crippen LogP contribution >= 0.6 is 0 Å². The molecule has 3 atom stereocenters. The molecule has 0 bridgehead atoms. The molecule has 1 amide bonds. The van der Waals surface area contributed by atoms with Gasteiger partial charge in [-0.1, -0.05) is 19.3 Å². The number of amides is 1. The van der Waals surface area contributed by atoms with E-state index >= 15 is 0 Å². The summed E-state index contributed by atoms with van der Waals surface area (Å²) in [7, 11) is 0. The second-order valence-electron chi connectivity index (χ2n) is 4.02. The van der Waals surface area contributed by atoms with Crippen LogP contribution in [0.15, 0.2) is 0 Å². The van der Waals surface area contributed by atoms with Crippen LogP contribution < -0.4 is 11.5 Å². The van der Waals surface area contributed by atoms with Crippen molar-refractivity contribution in [1.82, 2.24) is 0 Å². The maximum atomic E-state index is 10.8. The molecular formula is C10H20N2O2. The molecule has 1 rings (SSSR count). The van der Waals surface area contributed by atoms with E-state index in [0.29, 0.717) is 0 Å². The zero-order valence-corrected chi connectivity index (χ0v) is 8.74. The topological polar surface area (TPSA) is 78.3 Å². The standard InChI is InChI=1S/C10H20N2O2/c1-7(10(12)13)14-9-6-4-2-3-5-8(9)11/h7-9H,2-6,11H2,1H3,(H2,12,13). The van der Waals surface area contributed by atoms with Crippen molar-refractivity contribution in [1.29, 1.82) is 0 Å². The van der Waals surface area contributed by atoms with Gasteiger partial charge >= 0.3 is 0 Å². The minimum absolute atomic E-state index is 0.000000000000000222. The fourth-order valence-corrected chi connectivity index (χ4v) is 1.80. The van der Waals surface area contributed by atoms with E-state index in [1.54, 1.807) is 6.92 Å². The molecule has 4 nitrogen and oxygen atoms in total. The Morgan fingerprint density at radius 3 is 2.64 bits per heavy atom. The van der Waals surface area contributed by atoms with Crippen LogP contribution in [-0.4, -0.2) is 24.2 Å². The van der Waals surface area contributed by atoms with Crippen molar-refractivity contribution >= 4 is 5.91 Å². The Morgan fingerprint density at radius 2 is 2.00 bits per heavy atom. The lowest BCUT2D eigenvalue weighted by Gasteiger charge is -2.24. The van der Waals surface area contributed by atoms with Crippen molar-refractivity contribution in [2.75, 3.05) is 0 Å². The fraction of sp³-hybridized carbons (Fsp3) is 0.900. The van der Waals surface area contributed by atoms with Gasteiger partial charge in [-0.15, -0.1) is 0 Å². The van der Waals surface area contributed by atoms with E-state index in [1.807, 2.05) is 0 Å². The number of hydrogen-bond donors (Lipinski definition) is 2. The zero-order valence-electron chi connectivity index (χ0n) is 8.74. The lowest BCUT2D eigenvalue weighted by Crippen LogP contribution is -2.41. The van der Waals surface area contributed by atoms with E-state index in [4.69, 9.17) is 16.2 Å². The molecular weight excluding hydrogens is 180 g/mol. The van der Waals surface area contributed by atoms with E-state index in [2.05, 4.69) is 0 Å². The average Bonchev–Trinajstić information content (AvgIpc) is 2.32. The third kappa shape index (κ3) is 3.27. The first-order valence-corrected chi connectivity index (χ1v) is 5.31. The summed E-state index contributed by atoms with van der Waals surface area (Å²) >= 11 is 0. The minimum atomic E-state index is -0.524. The second kappa shape index (κ2) is 5.32. The summed E-state index contributed by atoms with van der Waals surface area (Å²) in [4.78, 5) is 10.8. The molecule has 0 saturated heterocycles. The first-order chi connectivity index (χ1) is 6.61. The molecule has 0 spiro atoms. The molecule has 0 aliphatic heterocycles. The number of ether oxygens (including phenoxy) is 1. The predicted molar refractivity (Wildman–Crippen MR) is 54.6 cm³/mol. The highest BCUT2D eigenvalue weighted by Crippen LogP contribution is 2.20. The predicted octanol–water partition coefficient (Wildman–Crippen LogP) is 0.537. The molecule has 1 fully saturated rings. The van der Waals surface area contributed by atoms with Crippen molar-refractivity contribution in [3.05, 3.63) is 0 Å².